The van der Waals surface area contributed by atoms with E-state index < -0.39 is 0 Å². The Bertz CT molecular complexity index is 547. The van der Waals surface area contributed by atoms with Crippen LogP contribution >= 0.6 is 0 Å². The number of hydrogen-bond acceptors (Lipinski definition) is 1. The maximum Gasteiger partial charge on any atom is 0.123 e. The minimum Gasteiger partial charge on any atom is -0.508 e. The first-order valence-corrected chi connectivity index (χ1v) is 6.14. The number of phenols is 1. The van der Waals surface area contributed by atoms with Crippen molar-refractivity contribution in [3.05, 3.63) is 53.8 Å². The molecule has 0 aromatic heterocycles. The molecule has 0 aliphatic carbocycles. The summed E-state index contributed by atoms with van der Waals surface area (Å²) in [5.41, 5.74) is 2.82. The molecule has 1 nitrogen and oxygen atoms in total. The van der Waals surface area contributed by atoms with Gasteiger partial charge in [-0.3, -0.25) is 0 Å². The monoisotopic (exact) mass is 244 g/mol. The molecular formula is C16H17FO. The third kappa shape index (κ3) is 2.89. The van der Waals surface area contributed by atoms with E-state index in [0.29, 0.717) is 5.92 Å². The van der Waals surface area contributed by atoms with Gasteiger partial charge in [-0.1, -0.05) is 32.0 Å². The maximum atomic E-state index is 13.4. The van der Waals surface area contributed by atoms with Gasteiger partial charge in [-0.05, 0) is 53.3 Å². The minimum atomic E-state index is -0.249. The number of aromatic hydroxyl groups is 1. The van der Waals surface area contributed by atoms with Crippen LogP contribution in [-0.2, 0) is 6.42 Å². The van der Waals surface area contributed by atoms with Crippen molar-refractivity contribution < 1.29 is 9.50 Å². The van der Waals surface area contributed by atoms with Gasteiger partial charge in [-0.25, -0.2) is 4.39 Å². The summed E-state index contributed by atoms with van der Waals surface area (Å²) in [4.78, 5) is 0. The molecule has 2 rings (SSSR count). The van der Waals surface area contributed by atoms with E-state index in [0.717, 1.165) is 23.1 Å². The molecule has 2 heteroatoms. The second kappa shape index (κ2) is 5.21. The Morgan fingerprint density at radius 2 is 1.89 bits per heavy atom. The normalized spacial score (nSPS) is 10.9. The van der Waals surface area contributed by atoms with Crippen molar-refractivity contribution in [2.75, 3.05) is 0 Å². The van der Waals surface area contributed by atoms with Crippen molar-refractivity contribution in [2.24, 2.45) is 5.92 Å². The lowest BCUT2D eigenvalue weighted by atomic mass is 9.93. The van der Waals surface area contributed by atoms with Gasteiger partial charge in [0.1, 0.15) is 11.6 Å². The first-order valence-electron chi connectivity index (χ1n) is 6.14. The van der Waals surface area contributed by atoms with Crippen molar-refractivity contribution in [3.8, 4) is 16.9 Å². The smallest absolute Gasteiger partial charge is 0.123 e. The van der Waals surface area contributed by atoms with Gasteiger partial charge in [0.2, 0.25) is 0 Å². The van der Waals surface area contributed by atoms with Crippen LogP contribution in [0, 0.1) is 11.7 Å². The second-order valence-corrected chi connectivity index (χ2v) is 4.95. The van der Waals surface area contributed by atoms with Crippen molar-refractivity contribution in [3.63, 3.8) is 0 Å². The molecule has 2 aromatic carbocycles. The summed E-state index contributed by atoms with van der Waals surface area (Å²) < 4.78 is 13.4. The zero-order valence-electron chi connectivity index (χ0n) is 10.7. The Morgan fingerprint density at radius 3 is 2.56 bits per heavy atom. The third-order valence-corrected chi connectivity index (χ3v) is 2.86. The highest BCUT2D eigenvalue weighted by atomic mass is 19.1. The number of halogens is 1. The van der Waals surface area contributed by atoms with Crippen molar-refractivity contribution >= 4 is 0 Å². The summed E-state index contributed by atoms with van der Waals surface area (Å²) in [6.07, 6.45) is 0.894. The topological polar surface area (TPSA) is 20.2 Å². The molecule has 94 valence electrons. The van der Waals surface area contributed by atoms with E-state index in [1.807, 2.05) is 12.1 Å². The summed E-state index contributed by atoms with van der Waals surface area (Å²) in [6.45, 7) is 4.27. The number of benzene rings is 2. The molecule has 0 heterocycles. The Balaban J connectivity index is 2.50. The molecule has 0 saturated heterocycles. The summed E-state index contributed by atoms with van der Waals surface area (Å²) in [5.74, 6) is 0.458. The zero-order valence-corrected chi connectivity index (χ0v) is 10.7. The molecule has 0 saturated carbocycles. The van der Waals surface area contributed by atoms with Gasteiger partial charge in [-0.2, -0.15) is 0 Å². The van der Waals surface area contributed by atoms with Crippen molar-refractivity contribution in [1.82, 2.24) is 0 Å². The van der Waals surface area contributed by atoms with Gasteiger partial charge in [0, 0.05) is 0 Å². The predicted molar refractivity (Wildman–Crippen MR) is 72.0 cm³/mol. The lowest BCUT2D eigenvalue weighted by molar-refractivity contribution is 0.475. The van der Waals surface area contributed by atoms with Gasteiger partial charge < -0.3 is 5.11 Å². The fraction of sp³-hybridized carbons (Fsp3) is 0.250. The van der Waals surface area contributed by atoms with E-state index in [1.165, 1.54) is 12.1 Å². The van der Waals surface area contributed by atoms with Crippen LogP contribution in [0.1, 0.15) is 19.4 Å². The van der Waals surface area contributed by atoms with Gasteiger partial charge in [-0.15, -0.1) is 0 Å². The van der Waals surface area contributed by atoms with Crippen LogP contribution in [0.2, 0.25) is 0 Å². The molecule has 0 fully saturated rings. The maximum absolute atomic E-state index is 13.4. The molecular weight excluding hydrogens is 227 g/mol. The quantitative estimate of drug-likeness (QED) is 0.848. The highest BCUT2D eigenvalue weighted by Gasteiger charge is 2.09. The fourth-order valence-electron chi connectivity index (χ4n) is 2.11. The van der Waals surface area contributed by atoms with Gasteiger partial charge in [0.05, 0.1) is 0 Å². The molecule has 0 amide bonds. The number of rotatable bonds is 3. The largest absolute Gasteiger partial charge is 0.508 e. The molecule has 0 unspecified atom stereocenters. The SMILES string of the molecule is CC(C)Cc1ccc(F)cc1-c1cccc(O)c1. The molecule has 0 aliphatic heterocycles. The number of phenolic OH excluding ortho intramolecular Hbond substituents is 1. The molecule has 0 bridgehead atoms. The van der Waals surface area contributed by atoms with Gasteiger partial charge >= 0.3 is 0 Å². The van der Waals surface area contributed by atoms with Crippen molar-refractivity contribution in [2.45, 2.75) is 20.3 Å². The fourth-order valence-corrected chi connectivity index (χ4v) is 2.11. The summed E-state index contributed by atoms with van der Waals surface area (Å²) in [5, 5.41) is 9.52. The lowest BCUT2D eigenvalue weighted by Gasteiger charge is -2.12. The average molecular weight is 244 g/mol. The molecule has 0 radical (unpaired) electrons. The van der Waals surface area contributed by atoms with Crippen LogP contribution in [0.25, 0.3) is 11.1 Å². The van der Waals surface area contributed by atoms with Crippen LogP contribution in [0.4, 0.5) is 4.39 Å². The standard InChI is InChI=1S/C16H17FO/c1-11(2)8-13-6-7-14(17)10-16(13)12-4-3-5-15(18)9-12/h3-7,9-11,18H,8H2,1-2H3. The molecule has 0 spiro atoms. The Hall–Kier alpha value is -1.83. The Labute approximate surface area is 107 Å². The summed E-state index contributed by atoms with van der Waals surface area (Å²) >= 11 is 0. The lowest BCUT2D eigenvalue weighted by Crippen LogP contribution is -1.97. The van der Waals surface area contributed by atoms with E-state index >= 15 is 0 Å². The third-order valence-electron chi connectivity index (χ3n) is 2.86. The van der Waals surface area contributed by atoms with Crippen LogP contribution in [0.3, 0.4) is 0 Å². The van der Waals surface area contributed by atoms with Crippen LogP contribution in [0.15, 0.2) is 42.5 Å². The summed E-state index contributed by atoms with van der Waals surface area (Å²) in [6, 6.07) is 11.8. The minimum absolute atomic E-state index is 0.201. The van der Waals surface area contributed by atoms with E-state index in [4.69, 9.17) is 0 Å². The molecule has 2 aromatic rings. The highest BCUT2D eigenvalue weighted by molar-refractivity contribution is 5.68. The first kappa shape index (κ1) is 12.6. The van der Waals surface area contributed by atoms with E-state index in [-0.39, 0.29) is 11.6 Å². The van der Waals surface area contributed by atoms with Gasteiger partial charge in [0.25, 0.3) is 0 Å². The highest BCUT2D eigenvalue weighted by Crippen LogP contribution is 2.28. The molecule has 18 heavy (non-hydrogen) atoms. The van der Waals surface area contributed by atoms with Crippen LogP contribution < -0.4 is 0 Å². The summed E-state index contributed by atoms with van der Waals surface area (Å²) in [7, 11) is 0. The second-order valence-electron chi connectivity index (χ2n) is 4.95. The van der Waals surface area contributed by atoms with Crippen molar-refractivity contribution in [1.29, 1.82) is 0 Å². The Kier molecular flexibility index (Phi) is 3.66. The average Bonchev–Trinajstić information content (AvgIpc) is 2.31. The van der Waals surface area contributed by atoms with Gasteiger partial charge in [0.15, 0.2) is 0 Å². The zero-order chi connectivity index (χ0) is 13.1. The predicted octanol–water partition coefficient (Wildman–Crippen LogP) is 4.40. The first-order chi connectivity index (χ1) is 8.56. The van der Waals surface area contributed by atoms with Crippen LogP contribution in [-0.4, -0.2) is 5.11 Å². The molecule has 0 atom stereocenters. The Morgan fingerprint density at radius 1 is 1.11 bits per heavy atom. The van der Waals surface area contributed by atoms with E-state index in [1.54, 1.807) is 18.2 Å². The molecule has 1 N–H and O–H groups in total. The van der Waals surface area contributed by atoms with Crippen LogP contribution in [0.5, 0.6) is 5.75 Å². The van der Waals surface area contributed by atoms with E-state index in [9.17, 15) is 9.50 Å². The number of hydrogen-bond donors (Lipinski definition) is 1. The molecule has 0 aliphatic rings. The van der Waals surface area contributed by atoms with E-state index in [2.05, 4.69) is 13.8 Å².